The Morgan fingerprint density at radius 3 is 2.84 bits per heavy atom. The van der Waals surface area contributed by atoms with Crippen molar-refractivity contribution in [2.75, 3.05) is 5.73 Å². The SMILES string of the molecule is Cc1ccc(OCc2ccnc(N)c2)c([N+](=O)[O-])c1. The highest BCUT2D eigenvalue weighted by Crippen LogP contribution is 2.28. The van der Waals surface area contributed by atoms with Crippen LogP contribution in [0.4, 0.5) is 11.5 Å². The molecular weight excluding hydrogens is 246 g/mol. The lowest BCUT2D eigenvalue weighted by atomic mass is 10.2. The van der Waals surface area contributed by atoms with Crippen LogP contribution in [0.3, 0.4) is 0 Å². The molecule has 0 spiro atoms. The summed E-state index contributed by atoms with van der Waals surface area (Å²) in [6, 6.07) is 8.26. The van der Waals surface area contributed by atoms with Gasteiger partial charge in [0.15, 0.2) is 5.75 Å². The van der Waals surface area contributed by atoms with E-state index in [4.69, 9.17) is 10.5 Å². The van der Waals surface area contributed by atoms with Gasteiger partial charge in [-0.1, -0.05) is 6.07 Å². The van der Waals surface area contributed by atoms with E-state index in [0.717, 1.165) is 11.1 Å². The number of hydrogen-bond donors (Lipinski definition) is 1. The van der Waals surface area contributed by atoms with Crippen LogP contribution in [-0.4, -0.2) is 9.91 Å². The minimum absolute atomic E-state index is 0.0398. The third-order valence-electron chi connectivity index (χ3n) is 2.55. The van der Waals surface area contributed by atoms with E-state index in [1.165, 1.54) is 6.07 Å². The second kappa shape index (κ2) is 5.34. The largest absolute Gasteiger partial charge is 0.482 e. The average Bonchev–Trinajstić information content (AvgIpc) is 2.37. The van der Waals surface area contributed by atoms with E-state index in [1.54, 1.807) is 37.4 Å². The van der Waals surface area contributed by atoms with Crippen LogP contribution in [0.25, 0.3) is 0 Å². The average molecular weight is 259 g/mol. The summed E-state index contributed by atoms with van der Waals surface area (Å²) in [5.74, 6) is 0.630. The van der Waals surface area contributed by atoms with Crippen molar-refractivity contribution in [3.05, 3.63) is 57.8 Å². The van der Waals surface area contributed by atoms with Crippen molar-refractivity contribution in [2.24, 2.45) is 0 Å². The van der Waals surface area contributed by atoms with E-state index >= 15 is 0 Å². The van der Waals surface area contributed by atoms with Gasteiger partial charge < -0.3 is 10.5 Å². The molecule has 0 aliphatic heterocycles. The molecule has 0 saturated carbocycles. The Hall–Kier alpha value is -2.63. The summed E-state index contributed by atoms with van der Waals surface area (Å²) >= 11 is 0. The zero-order valence-corrected chi connectivity index (χ0v) is 10.4. The van der Waals surface area contributed by atoms with Crippen molar-refractivity contribution in [3.63, 3.8) is 0 Å². The molecule has 2 rings (SSSR count). The van der Waals surface area contributed by atoms with Gasteiger partial charge >= 0.3 is 5.69 Å². The third-order valence-corrected chi connectivity index (χ3v) is 2.55. The Morgan fingerprint density at radius 2 is 2.16 bits per heavy atom. The smallest absolute Gasteiger partial charge is 0.311 e. The van der Waals surface area contributed by atoms with E-state index in [9.17, 15) is 10.1 Å². The Labute approximate surface area is 110 Å². The number of nitrogens with two attached hydrogens (primary N) is 1. The van der Waals surface area contributed by atoms with Gasteiger partial charge in [0.25, 0.3) is 0 Å². The van der Waals surface area contributed by atoms with Gasteiger partial charge in [-0.25, -0.2) is 4.98 Å². The standard InChI is InChI=1S/C13H13N3O3/c1-9-2-3-12(11(6-9)16(17)18)19-8-10-4-5-15-13(14)7-10/h2-7H,8H2,1H3,(H2,14,15). The summed E-state index contributed by atoms with van der Waals surface area (Å²) in [6.07, 6.45) is 1.57. The minimum atomic E-state index is -0.455. The van der Waals surface area contributed by atoms with E-state index in [2.05, 4.69) is 4.98 Å². The van der Waals surface area contributed by atoms with Crippen LogP contribution in [0.15, 0.2) is 36.5 Å². The molecule has 0 unspecified atom stereocenters. The van der Waals surface area contributed by atoms with Gasteiger partial charge in [0.2, 0.25) is 0 Å². The summed E-state index contributed by atoms with van der Waals surface area (Å²) in [7, 11) is 0. The first kappa shape index (κ1) is 12.8. The van der Waals surface area contributed by atoms with Crippen LogP contribution >= 0.6 is 0 Å². The molecule has 0 bridgehead atoms. The van der Waals surface area contributed by atoms with Crippen molar-refractivity contribution < 1.29 is 9.66 Å². The van der Waals surface area contributed by atoms with Gasteiger partial charge in [0, 0.05) is 12.3 Å². The molecule has 0 saturated heterocycles. The first-order valence-electron chi connectivity index (χ1n) is 5.64. The van der Waals surface area contributed by atoms with Gasteiger partial charge in [-0.05, 0) is 36.2 Å². The van der Waals surface area contributed by atoms with Crippen molar-refractivity contribution in [1.29, 1.82) is 0 Å². The van der Waals surface area contributed by atoms with Crippen molar-refractivity contribution in [1.82, 2.24) is 4.98 Å². The predicted octanol–water partition coefficient (Wildman–Crippen LogP) is 2.46. The van der Waals surface area contributed by atoms with Crippen LogP contribution in [-0.2, 0) is 6.61 Å². The van der Waals surface area contributed by atoms with Crippen LogP contribution in [0, 0.1) is 17.0 Å². The number of ether oxygens (including phenoxy) is 1. The van der Waals surface area contributed by atoms with Crippen molar-refractivity contribution in [3.8, 4) is 5.75 Å². The maximum absolute atomic E-state index is 10.9. The van der Waals surface area contributed by atoms with E-state index in [1.807, 2.05) is 0 Å². The lowest BCUT2D eigenvalue weighted by molar-refractivity contribution is -0.386. The topological polar surface area (TPSA) is 91.3 Å². The molecular formula is C13H13N3O3. The number of benzene rings is 1. The fourth-order valence-corrected chi connectivity index (χ4v) is 1.64. The van der Waals surface area contributed by atoms with Crippen LogP contribution < -0.4 is 10.5 Å². The second-order valence-electron chi connectivity index (χ2n) is 4.11. The Bertz CT molecular complexity index is 614. The van der Waals surface area contributed by atoms with Crippen LogP contribution in [0.1, 0.15) is 11.1 Å². The van der Waals surface area contributed by atoms with Gasteiger partial charge in [-0.2, -0.15) is 0 Å². The molecule has 1 heterocycles. The number of nitro groups is 1. The molecule has 19 heavy (non-hydrogen) atoms. The molecule has 6 nitrogen and oxygen atoms in total. The summed E-state index contributed by atoms with van der Waals surface area (Å²) in [6.45, 7) is 2.00. The first-order valence-corrected chi connectivity index (χ1v) is 5.64. The molecule has 98 valence electrons. The van der Waals surface area contributed by atoms with E-state index in [-0.39, 0.29) is 18.0 Å². The number of anilines is 1. The molecule has 0 atom stereocenters. The quantitative estimate of drug-likeness (QED) is 0.672. The molecule has 1 aromatic carbocycles. The fourth-order valence-electron chi connectivity index (χ4n) is 1.64. The molecule has 0 radical (unpaired) electrons. The lowest BCUT2D eigenvalue weighted by Gasteiger charge is -2.07. The second-order valence-corrected chi connectivity index (χ2v) is 4.11. The summed E-state index contributed by atoms with van der Waals surface area (Å²) in [5.41, 5.74) is 7.13. The number of aromatic nitrogens is 1. The number of rotatable bonds is 4. The first-order chi connectivity index (χ1) is 9.06. The number of hydrogen-bond acceptors (Lipinski definition) is 5. The Balaban J connectivity index is 2.17. The highest BCUT2D eigenvalue weighted by atomic mass is 16.6. The highest BCUT2D eigenvalue weighted by molar-refractivity contribution is 5.48. The molecule has 2 N–H and O–H groups in total. The summed E-state index contributed by atoms with van der Waals surface area (Å²) < 4.78 is 5.47. The monoisotopic (exact) mass is 259 g/mol. The maximum Gasteiger partial charge on any atom is 0.311 e. The van der Waals surface area contributed by atoms with Crippen LogP contribution in [0.5, 0.6) is 5.75 Å². The summed E-state index contributed by atoms with van der Waals surface area (Å²) in [4.78, 5) is 14.3. The van der Waals surface area contributed by atoms with Crippen molar-refractivity contribution in [2.45, 2.75) is 13.5 Å². The number of pyridine rings is 1. The third kappa shape index (κ3) is 3.19. The highest BCUT2D eigenvalue weighted by Gasteiger charge is 2.15. The number of nitro benzene ring substituents is 1. The molecule has 1 aromatic heterocycles. The molecule has 6 heteroatoms. The minimum Gasteiger partial charge on any atom is -0.482 e. The van der Waals surface area contributed by atoms with Crippen molar-refractivity contribution >= 4 is 11.5 Å². The van der Waals surface area contributed by atoms with Crippen LogP contribution in [0.2, 0.25) is 0 Å². The van der Waals surface area contributed by atoms with Gasteiger partial charge in [-0.3, -0.25) is 10.1 Å². The molecule has 0 aliphatic carbocycles. The number of nitrogen functional groups attached to an aromatic ring is 1. The Kier molecular flexibility index (Phi) is 3.61. The zero-order chi connectivity index (χ0) is 13.8. The molecule has 2 aromatic rings. The fraction of sp³-hybridized carbons (Fsp3) is 0.154. The molecule has 0 fully saturated rings. The number of aryl methyl sites for hydroxylation is 1. The normalized spacial score (nSPS) is 10.2. The predicted molar refractivity (Wildman–Crippen MR) is 70.8 cm³/mol. The number of nitrogens with zero attached hydrogens (tertiary/aromatic N) is 2. The van der Waals surface area contributed by atoms with Gasteiger partial charge in [-0.15, -0.1) is 0 Å². The van der Waals surface area contributed by atoms with Gasteiger partial charge in [0.05, 0.1) is 4.92 Å². The van der Waals surface area contributed by atoms with Gasteiger partial charge in [0.1, 0.15) is 12.4 Å². The lowest BCUT2D eigenvalue weighted by Crippen LogP contribution is -2.00. The van der Waals surface area contributed by atoms with E-state index < -0.39 is 4.92 Å². The molecule has 0 aliphatic rings. The Morgan fingerprint density at radius 1 is 1.37 bits per heavy atom. The summed E-state index contributed by atoms with van der Waals surface area (Å²) in [5, 5.41) is 10.9. The van der Waals surface area contributed by atoms with E-state index in [0.29, 0.717) is 5.82 Å². The zero-order valence-electron chi connectivity index (χ0n) is 10.4. The maximum atomic E-state index is 10.9. The molecule has 0 amide bonds.